The second-order valence-corrected chi connectivity index (χ2v) is 5.10. The first kappa shape index (κ1) is 15.1. The fraction of sp³-hybridized carbons (Fsp3) is 0.375. The fourth-order valence-corrected chi connectivity index (χ4v) is 2.63. The monoisotopic (exact) mass is 286 g/mol. The van der Waals surface area contributed by atoms with Gasteiger partial charge in [0, 0.05) is 19.7 Å². The van der Waals surface area contributed by atoms with Crippen molar-refractivity contribution in [3.05, 3.63) is 35.4 Å². The van der Waals surface area contributed by atoms with E-state index in [1.807, 2.05) is 26.1 Å². The molecule has 1 aliphatic rings. The summed E-state index contributed by atoms with van der Waals surface area (Å²) in [6, 6.07) is 7.79. The van der Waals surface area contributed by atoms with Crippen LogP contribution < -0.4 is 4.90 Å². The highest BCUT2D eigenvalue weighted by Gasteiger charge is 2.29. The Balaban J connectivity index is 2.28. The standard InChI is InChI=1S/C16H18N2O3/c1-11-14(7-8-21-11)18(2)15-5-3-12(4-6-16(19)20)9-13(15)10-17/h3-6,9,11,14H,7-8H2,1-2H3,(H,19,20)/b6-4+. The van der Waals surface area contributed by atoms with Crippen LogP contribution in [0.2, 0.25) is 0 Å². The molecule has 0 bridgehead atoms. The van der Waals surface area contributed by atoms with Crippen molar-refractivity contribution in [2.45, 2.75) is 25.5 Å². The summed E-state index contributed by atoms with van der Waals surface area (Å²) in [7, 11) is 1.96. The molecule has 2 atom stereocenters. The first-order valence-corrected chi connectivity index (χ1v) is 6.82. The average molecular weight is 286 g/mol. The summed E-state index contributed by atoms with van der Waals surface area (Å²) < 4.78 is 5.57. The molecule has 0 aliphatic carbocycles. The minimum atomic E-state index is -1.01. The third-order valence-corrected chi connectivity index (χ3v) is 3.77. The number of nitriles is 1. The predicted octanol–water partition coefficient (Wildman–Crippen LogP) is 2.27. The second-order valence-electron chi connectivity index (χ2n) is 5.10. The second kappa shape index (κ2) is 6.42. The molecular formula is C16H18N2O3. The number of carbonyl (C=O) groups is 1. The molecular weight excluding hydrogens is 268 g/mol. The minimum Gasteiger partial charge on any atom is -0.478 e. The SMILES string of the molecule is CC1OCCC1N(C)c1ccc(/C=C/C(=O)O)cc1C#N. The van der Waals surface area contributed by atoms with E-state index >= 15 is 0 Å². The van der Waals surface area contributed by atoms with Crippen molar-refractivity contribution in [3.63, 3.8) is 0 Å². The van der Waals surface area contributed by atoms with Gasteiger partial charge >= 0.3 is 5.97 Å². The number of benzene rings is 1. The quantitative estimate of drug-likeness (QED) is 0.859. The topological polar surface area (TPSA) is 73.6 Å². The van der Waals surface area contributed by atoms with Gasteiger partial charge in [0.2, 0.25) is 0 Å². The summed E-state index contributed by atoms with van der Waals surface area (Å²) in [4.78, 5) is 12.6. The highest BCUT2D eigenvalue weighted by molar-refractivity contribution is 5.85. The first-order chi connectivity index (χ1) is 10.0. The summed E-state index contributed by atoms with van der Waals surface area (Å²) in [6.07, 6.45) is 3.61. The normalized spacial score (nSPS) is 21.4. The van der Waals surface area contributed by atoms with Gasteiger partial charge in [-0.1, -0.05) is 6.07 Å². The van der Waals surface area contributed by atoms with Crippen molar-refractivity contribution in [3.8, 4) is 6.07 Å². The maximum absolute atomic E-state index is 10.5. The van der Waals surface area contributed by atoms with E-state index < -0.39 is 5.97 Å². The number of nitrogens with zero attached hydrogens (tertiary/aromatic N) is 2. The molecule has 2 unspecified atom stereocenters. The van der Waals surface area contributed by atoms with Gasteiger partial charge in [-0.05, 0) is 37.1 Å². The van der Waals surface area contributed by atoms with Crippen molar-refractivity contribution in [2.75, 3.05) is 18.6 Å². The Hall–Kier alpha value is -2.32. The van der Waals surface area contributed by atoms with Crippen LogP contribution in [0.25, 0.3) is 6.08 Å². The van der Waals surface area contributed by atoms with Crippen LogP contribution in [0.1, 0.15) is 24.5 Å². The van der Waals surface area contributed by atoms with Crippen LogP contribution >= 0.6 is 0 Å². The molecule has 1 aromatic carbocycles. The number of ether oxygens (including phenoxy) is 1. The molecule has 110 valence electrons. The zero-order chi connectivity index (χ0) is 15.4. The van der Waals surface area contributed by atoms with Crippen LogP contribution in [0.4, 0.5) is 5.69 Å². The number of aliphatic carboxylic acids is 1. The summed E-state index contributed by atoms with van der Waals surface area (Å²) in [5, 5.41) is 18.0. The Labute approximate surface area is 124 Å². The van der Waals surface area contributed by atoms with Crippen LogP contribution in [0, 0.1) is 11.3 Å². The van der Waals surface area contributed by atoms with E-state index in [0.29, 0.717) is 11.1 Å². The van der Waals surface area contributed by atoms with Gasteiger partial charge in [0.15, 0.2) is 0 Å². The number of anilines is 1. The van der Waals surface area contributed by atoms with Gasteiger partial charge in [0.05, 0.1) is 23.4 Å². The van der Waals surface area contributed by atoms with Gasteiger partial charge < -0.3 is 14.7 Å². The molecule has 0 aromatic heterocycles. The van der Waals surface area contributed by atoms with Gasteiger partial charge in [-0.2, -0.15) is 5.26 Å². The highest BCUT2D eigenvalue weighted by Crippen LogP contribution is 2.27. The maximum atomic E-state index is 10.5. The molecule has 1 N–H and O–H groups in total. The third kappa shape index (κ3) is 3.41. The predicted molar refractivity (Wildman–Crippen MR) is 80.0 cm³/mol. The molecule has 0 amide bonds. The summed E-state index contributed by atoms with van der Waals surface area (Å²) >= 11 is 0. The van der Waals surface area contributed by atoms with E-state index in [4.69, 9.17) is 9.84 Å². The van der Waals surface area contributed by atoms with Crippen molar-refractivity contribution in [1.29, 1.82) is 5.26 Å². The number of hydrogen-bond donors (Lipinski definition) is 1. The number of rotatable bonds is 4. The van der Waals surface area contributed by atoms with E-state index in [1.54, 1.807) is 6.07 Å². The Morgan fingerprint density at radius 2 is 2.33 bits per heavy atom. The maximum Gasteiger partial charge on any atom is 0.328 e. The Morgan fingerprint density at radius 1 is 1.57 bits per heavy atom. The molecule has 0 radical (unpaired) electrons. The molecule has 5 nitrogen and oxygen atoms in total. The molecule has 1 saturated heterocycles. The lowest BCUT2D eigenvalue weighted by Crippen LogP contribution is -2.37. The van der Waals surface area contributed by atoms with Crippen molar-refractivity contribution in [1.82, 2.24) is 0 Å². The molecule has 1 aromatic rings. The number of hydrogen-bond acceptors (Lipinski definition) is 4. The molecule has 5 heteroatoms. The lowest BCUT2D eigenvalue weighted by atomic mass is 10.0. The Morgan fingerprint density at radius 3 is 2.90 bits per heavy atom. The minimum absolute atomic E-state index is 0.133. The lowest BCUT2D eigenvalue weighted by Gasteiger charge is -2.29. The molecule has 2 rings (SSSR count). The van der Waals surface area contributed by atoms with Crippen LogP contribution in [0.15, 0.2) is 24.3 Å². The zero-order valence-electron chi connectivity index (χ0n) is 12.1. The third-order valence-electron chi connectivity index (χ3n) is 3.77. The van der Waals surface area contributed by atoms with Crippen LogP contribution in [-0.4, -0.2) is 36.9 Å². The van der Waals surface area contributed by atoms with Gasteiger partial charge in [-0.3, -0.25) is 0 Å². The van der Waals surface area contributed by atoms with E-state index in [1.165, 1.54) is 6.08 Å². The van der Waals surface area contributed by atoms with Crippen LogP contribution in [-0.2, 0) is 9.53 Å². The van der Waals surface area contributed by atoms with Gasteiger partial charge in [0.25, 0.3) is 0 Å². The molecule has 0 saturated carbocycles. The van der Waals surface area contributed by atoms with Gasteiger partial charge in [-0.25, -0.2) is 4.79 Å². The van der Waals surface area contributed by atoms with Crippen molar-refractivity contribution < 1.29 is 14.6 Å². The first-order valence-electron chi connectivity index (χ1n) is 6.82. The largest absolute Gasteiger partial charge is 0.478 e. The lowest BCUT2D eigenvalue weighted by molar-refractivity contribution is -0.131. The molecule has 0 spiro atoms. The molecule has 1 aliphatic heterocycles. The Kier molecular flexibility index (Phi) is 4.61. The highest BCUT2D eigenvalue weighted by atomic mass is 16.5. The zero-order valence-corrected chi connectivity index (χ0v) is 12.1. The Bertz CT molecular complexity index is 604. The van der Waals surface area contributed by atoms with Gasteiger partial charge in [-0.15, -0.1) is 0 Å². The molecule has 21 heavy (non-hydrogen) atoms. The number of carboxylic acids is 1. The number of likely N-dealkylation sites (N-methyl/N-ethyl adjacent to an activating group) is 1. The number of carboxylic acid groups (broad SMARTS) is 1. The fourth-order valence-electron chi connectivity index (χ4n) is 2.63. The van der Waals surface area contributed by atoms with E-state index in [9.17, 15) is 10.1 Å². The molecule has 1 heterocycles. The summed E-state index contributed by atoms with van der Waals surface area (Å²) in [5.74, 6) is -1.01. The van der Waals surface area contributed by atoms with Gasteiger partial charge in [0.1, 0.15) is 6.07 Å². The van der Waals surface area contributed by atoms with Crippen LogP contribution in [0.5, 0.6) is 0 Å². The average Bonchev–Trinajstić information content (AvgIpc) is 2.90. The van der Waals surface area contributed by atoms with Crippen LogP contribution in [0.3, 0.4) is 0 Å². The smallest absolute Gasteiger partial charge is 0.328 e. The molecule has 1 fully saturated rings. The summed E-state index contributed by atoms with van der Waals surface area (Å²) in [6.45, 7) is 2.77. The summed E-state index contributed by atoms with van der Waals surface area (Å²) in [5.41, 5.74) is 2.07. The van der Waals surface area contributed by atoms with E-state index in [2.05, 4.69) is 11.0 Å². The van der Waals surface area contributed by atoms with E-state index in [-0.39, 0.29) is 12.1 Å². The van der Waals surface area contributed by atoms with E-state index in [0.717, 1.165) is 24.8 Å². The van der Waals surface area contributed by atoms with Crippen molar-refractivity contribution in [2.24, 2.45) is 0 Å². The van der Waals surface area contributed by atoms with Crippen molar-refractivity contribution >= 4 is 17.7 Å².